The second-order valence-electron chi connectivity index (χ2n) is 7.20. The van der Waals surface area contributed by atoms with E-state index in [9.17, 15) is 13.2 Å². The van der Waals surface area contributed by atoms with Crippen molar-refractivity contribution in [3.8, 4) is 0 Å². The van der Waals surface area contributed by atoms with Gasteiger partial charge in [0.2, 0.25) is 0 Å². The highest BCUT2D eigenvalue weighted by atomic mass is 19.3. The predicted molar refractivity (Wildman–Crippen MR) is 118 cm³/mol. The number of halogens is 3. The van der Waals surface area contributed by atoms with Crippen LogP contribution in [0, 0.1) is 17.8 Å². The first-order chi connectivity index (χ1) is 12.5. The van der Waals surface area contributed by atoms with E-state index in [0.717, 1.165) is 17.8 Å². The van der Waals surface area contributed by atoms with Crippen molar-refractivity contribution in [3.05, 3.63) is 37.0 Å². The zero-order valence-corrected chi connectivity index (χ0v) is 18.4. The zero-order chi connectivity index (χ0) is 20.2. The number of hydrogen-bond donors (Lipinski definition) is 1. The molecule has 2 saturated carbocycles. The van der Waals surface area contributed by atoms with E-state index in [2.05, 4.69) is 27.4 Å². The van der Waals surface area contributed by atoms with Gasteiger partial charge in [-0.1, -0.05) is 96.9 Å². The Labute approximate surface area is 173 Å². The summed E-state index contributed by atoms with van der Waals surface area (Å²) in [5.74, 6) is 3.28. The highest BCUT2D eigenvalue weighted by Crippen LogP contribution is 2.39. The molecule has 2 nitrogen and oxygen atoms in total. The minimum Gasteiger partial charge on any atom is -0.412 e. The van der Waals surface area contributed by atoms with Crippen molar-refractivity contribution in [1.29, 1.82) is 0 Å². The molecule has 0 saturated heterocycles. The molecule has 1 radical (unpaired) electrons. The lowest BCUT2D eigenvalue weighted by molar-refractivity contribution is 0.173. The van der Waals surface area contributed by atoms with Crippen LogP contribution in [0.25, 0.3) is 0 Å². The average Bonchev–Trinajstić information content (AvgIpc) is 2.66. The molecule has 5 heteroatoms. The predicted octanol–water partition coefficient (Wildman–Crippen LogP) is 8.15. The summed E-state index contributed by atoms with van der Waals surface area (Å²) in [6, 6.07) is 0. The smallest absolute Gasteiger partial charge is 0.270 e. The van der Waals surface area contributed by atoms with Crippen LogP contribution in [0.5, 0.6) is 0 Å². The molecule has 0 aromatic heterocycles. The molecule has 28 heavy (non-hydrogen) atoms. The summed E-state index contributed by atoms with van der Waals surface area (Å²) in [5.41, 5.74) is 0. The van der Waals surface area contributed by atoms with E-state index in [1.165, 1.54) is 56.8 Å². The molecule has 2 aliphatic carbocycles. The fourth-order valence-electron chi connectivity index (χ4n) is 3.57. The van der Waals surface area contributed by atoms with Crippen LogP contribution in [-0.4, -0.2) is 18.1 Å². The van der Waals surface area contributed by atoms with Crippen LogP contribution in [0.4, 0.5) is 13.2 Å². The van der Waals surface area contributed by atoms with Crippen LogP contribution in [0.15, 0.2) is 37.0 Å². The maximum Gasteiger partial charge on any atom is 0.270 e. The van der Waals surface area contributed by atoms with E-state index in [-0.39, 0.29) is 12.4 Å². The molecule has 0 bridgehead atoms. The van der Waals surface area contributed by atoms with Crippen LogP contribution in [-0.2, 0) is 0 Å². The summed E-state index contributed by atoms with van der Waals surface area (Å²) < 4.78 is 31.8. The van der Waals surface area contributed by atoms with E-state index in [0.29, 0.717) is 13.3 Å². The minimum atomic E-state index is -1.69. The van der Waals surface area contributed by atoms with Gasteiger partial charge in [-0.25, -0.2) is 0 Å². The molecule has 0 atom stereocenters. The molecule has 0 aromatic rings. The first-order valence-corrected chi connectivity index (χ1v) is 10.2. The number of rotatable bonds is 3. The molecule has 0 unspecified atom stereocenters. The second kappa shape index (κ2) is 25.9. The Morgan fingerprint density at radius 1 is 0.893 bits per heavy atom. The summed E-state index contributed by atoms with van der Waals surface area (Å²) in [4.78, 5) is 0. The summed E-state index contributed by atoms with van der Waals surface area (Å²) in [6.45, 7) is 9.97. The molecule has 3 N–H and O–H groups in total. The molecule has 2 fully saturated rings. The van der Waals surface area contributed by atoms with E-state index in [1.807, 2.05) is 0 Å². The van der Waals surface area contributed by atoms with Crippen LogP contribution in [0.2, 0.25) is 0 Å². The summed E-state index contributed by atoms with van der Waals surface area (Å²) in [6.07, 6.45) is 18.1. The Kier molecular flexibility index (Phi) is 31.9. The monoisotopic (exact) mass is 411 g/mol. The quantitative estimate of drug-likeness (QED) is 0.455. The molecule has 0 aromatic carbocycles. The summed E-state index contributed by atoms with van der Waals surface area (Å²) in [7, 11) is 0.500. The second-order valence-corrected chi connectivity index (χ2v) is 7.20. The molecule has 171 valence electrons. The van der Waals surface area contributed by atoms with Gasteiger partial charge in [0.05, 0.1) is 7.18 Å². The summed E-state index contributed by atoms with van der Waals surface area (Å²) in [5, 5.41) is 0. The highest BCUT2D eigenvalue weighted by Gasteiger charge is 2.26. The maximum absolute atomic E-state index is 11.1. The van der Waals surface area contributed by atoms with Gasteiger partial charge in [-0.2, -0.15) is 8.78 Å². The molecule has 0 amide bonds. The van der Waals surface area contributed by atoms with Crippen molar-refractivity contribution >= 4 is 0 Å². The minimum absolute atomic E-state index is 0. The van der Waals surface area contributed by atoms with Gasteiger partial charge < -0.3 is 5.48 Å². The Balaban J connectivity index is -0.000000106. The van der Waals surface area contributed by atoms with Crippen molar-refractivity contribution in [2.75, 3.05) is 7.18 Å². The SMILES string of the molecule is C=C/C=C\C=C(F)F.CC1CCC(C2CCCCC2)CC1.CCC.CF.O.[HH].[OH]. The summed E-state index contributed by atoms with van der Waals surface area (Å²) >= 11 is 0. The lowest BCUT2D eigenvalue weighted by atomic mass is 9.71. The van der Waals surface area contributed by atoms with Crippen LogP contribution in [0.1, 0.15) is 86.4 Å². The van der Waals surface area contributed by atoms with Gasteiger partial charge in [0.25, 0.3) is 6.08 Å². The van der Waals surface area contributed by atoms with Gasteiger partial charge in [0.1, 0.15) is 0 Å². The van der Waals surface area contributed by atoms with Crippen molar-refractivity contribution in [3.63, 3.8) is 0 Å². The van der Waals surface area contributed by atoms with E-state index in [1.54, 1.807) is 25.7 Å². The molecular weight excluding hydrogens is 365 g/mol. The third kappa shape index (κ3) is 21.2. The van der Waals surface area contributed by atoms with Gasteiger partial charge in [-0.3, -0.25) is 9.87 Å². The van der Waals surface area contributed by atoms with E-state index < -0.39 is 6.08 Å². The Hall–Kier alpha value is -1.07. The van der Waals surface area contributed by atoms with Crippen LogP contribution in [0.3, 0.4) is 0 Å². The molecule has 2 rings (SSSR count). The number of hydrogen-bond acceptors (Lipinski definition) is 0. The standard InChI is InChI=1S/C13H24.C6H6F2.C3H8.CH3F.H2O.HO.H2/c1-11-7-9-13(10-8-11)12-5-3-2-4-6-12;1-2-3-4-5-6(7)8;1-3-2;1-2;;;/h11-13H,2-10H2,1H3;2-5H,1H2;3H2,1-2H3;1H3;1H2;2*1H/b;4-3-;;;;;. The first-order valence-electron chi connectivity index (χ1n) is 10.2. The van der Waals surface area contributed by atoms with Gasteiger partial charge in [0.15, 0.2) is 0 Å². The van der Waals surface area contributed by atoms with Crippen LogP contribution < -0.4 is 0 Å². The third-order valence-electron chi connectivity index (χ3n) is 4.85. The number of alkyl halides is 1. The Morgan fingerprint density at radius 2 is 1.32 bits per heavy atom. The fraction of sp³-hybridized carbons (Fsp3) is 0.739. The lowest BCUT2D eigenvalue weighted by Gasteiger charge is -2.34. The first kappa shape index (κ1) is 34.4. The van der Waals surface area contributed by atoms with Gasteiger partial charge in [-0.15, -0.1) is 0 Å². The molecule has 2 aliphatic rings. The molecule has 0 spiro atoms. The van der Waals surface area contributed by atoms with Gasteiger partial charge in [-0.05, 0) is 30.6 Å². The maximum atomic E-state index is 11.1. The topological polar surface area (TPSA) is 61.5 Å². The van der Waals surface area contributed by atoms with Crippen molar-refractivity contribution < 1.29 is 25.6 Å². The van der Waals surface area contributed by atoms with Crippen molar-refractivity contribution in [2.24, 2.45) is 17.8 Å². The Morgan fingerprint density at radius 3 is 1.71 bits per heavy atom. The van der Waals surface area contributed by atoms with Gasteiger partial charge >= 0.3 is 0 Å². The van der Waals surface area contributed by atoms with Gasteiger partial charge in [0, 0.05) is 7.50 Å². The molecule has 0 heterocycles. The van der Waals surface area contributed by atoms with E-state index >= 15 is 0 Å². The third-order valence-corrected chi connectivity index (χ3v) is 4.85. The average molecular weight is 412 g/mol. The van der Waals surface area contributed by atoms with Crippen molar-refractivity contribution in [2.45, 2.75) is 85.0 Å². The van der Waals surface area contributed by atoms with Crippen molar-refractivity contribution in [1.82, 2.24) is 0 Å². The Bertz CT molecular complexity index is 359. The highest BCUT2D eigenvalue weighted by molar-refractivity contribution is 5.08. The number of allylic oxidation sites excluding steroid dienone is 4. The molecule has 0 aliphatic heterocycles. The fourth-order valence-corrected chi connectivity index (χ4v) is 3.57. The van der Waals surface area contributed by atoms with Crippen LogP contribution >= 0.6 is 0 Å². The normalized spacial score (nSPS) is 21.0. The largest absolute Gasteiger partial charge is 0.412 e. The van der Waals surface area contributed by atoms with E-state index in [4.69, 9.17) is 0 Å². The lowest BCUT2D eigenvalue weighted by Crippen LogP contribution is -2.22. The molecular formula is C23H46F3O2. The zero-order valence-electron chi connectivity index (χ0n) is 18.4.